The van der Waals surface area contributed by atoms with Crippen molar-refractivity contribution in [3.05, 3.63) is 64.0 Å². The highest BCUT2D eigenvalue weighted by Gasteiger charge is 2.30. The number of alkyl halides is 3. The molecule has 0 amide bonds. The van der Waals surface area contributed by atoms with Gasteiger partial charge in [0.25, 0.3) is 0 Å². The molecule has 0 aliphatic rings. The molecule has 0 saturated carbocycles. The molecule has 6 nitrogen and oxygen atoms in total. The molecule has 2 aromatic heterocycles. The van der Waals surface area contributed by atoms with Crippen LogP contribution in [0.5, 0.6) is 5.75 Å². The predicted molar refractivity (Wildman–Crippen MR) is 116 cm³/mol. The molecular weight excluding hydrogens is 457 g/mol. The highest BCUT2D eigenvalue weighted by molar-refractivity contribution is 7.15. The van der Waals surface area contributed by atoms with Crippen molar-refractivity contribution in [1.82, 2.24) is 9.97 Å². The molecule has 33 heavy (non-hydrogen) atoms. The summed E-state index contributed by atoms with van der Waals surface area (Å²) in [7, 11) is 0. The summed E-state index contributed by atoms with van der Waals surface area (Å²) < 4.78 is 50.1. The maximum atomic E-state index is 12.8. The van der Waals surface area contributed by atoms with Crippen LogP contribution in [-0.4, -0.2) is 21.0 Å². The number of hydrogen-bond donors (Lipinski definition) is 1. The van der Waals surface area contributed by atoms with Crippen LogP contribution in [0.25, 0.3) is 21.7 Å². The maximum Gasteiger partial charge on any atom is 0.416 e. The summed E-state index contributed by atoms with van der Waals surface area (Å²) in [6.45, 7) is 3.89. The van der Waals surface area contributed by atoms with Crippen LogP contribution in [0.1, 0.15) is 34.0 Å². The molecule has 0 aliphatic heterocycles. The van der Waals surface area contributed by atoms with Crippen molar-refractivity contribution in [3.63, 3.8) is 0 Å². The molecule has 2 aromatic carbocycles. The van der Waals surface area contributed by atoms with Gasteiger partial charge in [-0.05, 0) is 38.1 Å². The zero-order chi connectivity index (χ0) is 23.8. The molecule has 0 fully saturated rings. The zero-order valence-electron chi connectivity index (χ0n) is 17.7. The van der Waals surface area contributed by atoms with Gasteiger partial charge in [0, 0.05) is 17.5 Å². The smallest absolute Gasteiger partial charge is 0.416 e. The largest absolute Gasteiger partial charge is 0.488 e. The van der Waals surface area contributed by atoms with Gasteiger partial charge < -0.3 is 14.3 Å². The van der Waals surface area contributed by atoms with Crippen LogP contribution in [0.4, 0.5) is 13.2 Å². The monoisotopic (exact) mass is 476 g/mol. The fourth-order valence-electron chi connectivity index (χ4n) is 3.26. The molecule has 0 bridgehead atoms. The van der Waals surface area contributed by atoms with Crippen LogP contribution in [0, 0.1) is 13.8 Å². The van der Waals surface area contributed by atoms with Crippen LogP contribution in [0.15, 0.2) is 40.8 Å². The van der Waals surface area contributed by atoms with E-state index in [0.717, 1.165) is 28.3 Å². The first kappa shape index (κ1) is 22.8. The SMILES string of the molecule is Cc1nc(-c2ccc(C(F)(F)F)cc2)sc1COc1ccc2nc(CCC(=O)O)oc2c1C. The number of aromatic nitrogens is 2. The number of hydrogen-bond acceptors (Lipinski definition) is 6. The lowest BCUT2D eigenvalue weighted by atomic mass is 10.1. The minimum atomic E-state index is -4.38. The Bertz CT molecular complexity index is 1310. The number of nitrogens with zero attached hydrogens (tertiary/aromatic N) is 2. The Morgan fingerprint density at radius 1 is 1.12 bits per heavy atom. The Labute approximate surface area is 190 Å². The number of benzene rings is 2. The van der Waals surface area contributed by atoms with Gasteiger partial charge in [0.15, 0.2) is 11.5 Å². The van der Waals surface area contributed by atoms with E-state index in [1.54, 1.807) is 12.1 Å². The fourth-order valence-corrected chi connectivity index (χ4v) is 4.24. The first-order valence-electron chi connectivity index (χ1n) is 9.99. The summed E-state index contributed by atoms with van der Waals surface area (Å²) in [6, 6.07) is 8.43. The fraction of sp³-hybridized carbons (Fsp3) is 0.261. The third-order valence-electron chi connectivity index (χ3n) is 5.06. The molecule has 0 atom stereocenters. The highest BCUT2D eigenvalue weighted by Crippen LogP contribution is 2.34. The number of ether oxygens (including phenoxy) is 1. The third-order valence-corrected chi connectivity index (χ3v) is 6.24. The molecular formula is C23H19F3N2O4S. The lowest BCUT2D eigenvalue weighted by Gasteiger charge is -2.08. The van der Waals surface area contributed by atoms with Gasteiger partial charge in [0.1, 0.15) is 22.9 Å². The molecule has 10 heteroatoms. The van der Waals surface area contributed by atoms with Crippen LogP contribution >= 0.6 is 11.3 Å². The van der Waals surface area contributed by atoms with E-state index in [0.29, 0.717) is 33.3 Å². The van der Waals surface area contributed by atoms with Crippen molar-refractivity contribution < 1.29 is 32.2 Å². The molecule has 0 saturated heterocycles. The van der Waals surface area contributed by atoms with Crippen molar-refractivity contribution >= 4 is 28.4 Å². The standard InChI is InChI=1S/C23H19F3N2O4S/c1-12-17(8-7-16-21(12)32-19(28-16)9-10-20(29)30)31-11-18-13(2)27-22(33-18)14-3-5-15(6-4-14)23(24,25)26/h3-8H,9-11H2,1-2H3,(H,29,30). The van der Waals surface area contributed by atoms with Gasteiger partial charge in [0.2, 0.25) is 0 Å². The van der Waals surface area contributed by atoms with Crippen molar-refractivity contribution in [2.45, 2.75) is 39.5 Å². The topological polar surface area (TPSA) is 85.5 Å². The minimum absolute atomic E-state index is 0.0683. The Kier molecular flexibility index (Phi) is 6.11. The van der Waals surface area contributed by atoms with Gasteiger partial charge in [-0.1, -0.05) is 12.1 Å². The lowest BCUT2D eigenvalue weighted by Crippen LogP contribution is -2.03. The molecule has 0 spiro atoms. The molecule has 1 N–H and O–H groups in total. The number of carboxylic acids is 1. The number of carboxylic acid groups (broad SMARTS) is 1. The summed E-state index contributed by atoms with van der Waals surface area (Å²) in [5.74, 6) is 0.0213. The number of thiazole rings is 1. The number of rotatable bonds is 7. The number of fused-ring (bicyclic) bond motifs is 1. The molecule has 4 aromatic rings. The van der Waals surface area contributed by atoms with Gasteiger partial charge in [-0.3, -0.25) is 4.79 Å². The second-order valence-electron chi connectivity index (χ2n) is 7.43. The van der Waals surface area contributed by atoms with Crippen molar-refractivity contribution in [3.8, 4) is 16.3 Å². The quantitative estimate of drug-likeness (QED) is 0.343. The second-order valence-corrected chi connectivity index (χ2v) is 8.51. The summed E-state index contributed by atoms with van der Waals surface area (Å²) in [5, 5.41) is 9.45. The van der Waals surface area contributed by atoms with Gasteiger partial charge in [-0.25, -0.2) is 9.97 Å². The summed E-state index contributed by atoms with van der Waals surface area (Å²) in [4.78, 5) is 20.4. The van der Waals surface area contributed by atoms with E-state index in [4.69, 9.17) is 14.3 Å². The van der Waals surface area contributed by atoms with Crippen LogP contribution in [-0.2, 0) is 24.0 Å². The Balaban J connectivity index is 1.49. The van der Waals surface area contributed by atoms with E-state index in [-0.39, 0.29) is 19.4 Å². The number of aryl methyl sites for hydroxylation is 3. The van der Waals surface area contributed by atoms with Gasteiger partial charge in [-0.15, -0.1) is 11.3 Å². The number of aliphatic carboxylic acids is 1. The van der Waals surface area contributed by atoms with Gasteiger partial charge >= 0.3 is 12.1 Å². The zero-order valence-corrected chi connectivity index (χ0v) is 18.5. The minimum Gasteiger partial charge on any atom is -0.488 e. The van der Waals surface area contributed by atoms with E-state index in [1.165, 1.54) is 23.5 Å². The first-order chi connectivity index (χ1) is 15.6. The van der Waals surface area contributed by atoms with Gasteiger partial charge in [0.05, 0.1) is 22.6 Å². The molecule has 0 unspecified atom stereocenters. The third kappa shape index (κ3) is 5.00. The number of carbonyl (C=O) groups is 1. The Morgan fingerprint density at radius 3 is 2.52 bits per heavy atom. The Morgan fingerprint density at radius 2 is 1.85 bits per heavy atom. The number of halogens is 3. The normalized spacial score (nSPS) is 11.8. The maximum absolute atomic E-state index is 12.8. The van der Waals surface area contributed by atoms with Crippen molar-refractivity contribution in [2.24, 2.45) is 0 Å². The van der Waals surface area contributed by atoms with Crippen molar-refractivity contribution in [1.29, 1.82) is 0 Å². The van der Waals surface area contributed by atoms with E-state index in [1.807, 2.05) is 13.8 Å². The first-order valence-corrected chi connectivity index (χ1v) is 10.8. The highest BCUT2D eigenvalue weighted by atomic mass is 32.1. The van der Waals surface area contributed by atoms with Crippen LogP contribution < -0.4 is 4.74 Å². The molecule has 0 aliphatic carbocycles. The average Bonchev–Trinajstić information content (AvgIpc) is 3.35. The predicted octanol–water partition coefficient (Wildman–Crippen LogP) is 6.18. The van der Waals surface area contributed by atoms with Crippen molar-refractivity contribution in [2.75, 3.05) is 0 Å². The van der Waals surface area contributed by atoms with Crippen LogP contribution in [0.3, 0.4) is 0 Å². The molecule has 2 heterocycles. The molecule has 4 rings (SSSR count). The van der Waals surface area contributed by atoms with Crippen LogP contribution in [0.2, 0.25) is 0 Å². The van der Waals surface area contributed by atoms with E-state index in [9.17, 15) is 18.0 Å². The molecule has 172 valence electrons. The number of oxazole rings is 1. The second kappa shape index (κ2) is 8.86. The van der Waals surface area contributed by atoms with E-state index in [2.05, 4.69) is 9.97 Å². The average molecular weight is 476 g/mol. The summed E-state index contributed by atoms with van der Waals surface area (Å²) in [5.41, 5.74) is 2.55. The summed E-state index contributed by atoms with van der Waals surface area (Å²) >= 11 is 1.36. The van der Waals surface area contributed by atoms with E-state index >= 15 is 0 Å². The van der Waals surface area contributed by atoms with E-state index < -0.39 is 17.7 Å². The summed E-state index contributed by atoms with van der Waals surface area (Å²) in [6.07, 6.45) is -4.25. The Hall–Kier alpha value is -3.40. The lowest BCUT2D eigenvalue weighted by molar-refractivity contribution is -0.138. The molecule has 0 radical (unpaired) electrons. The van der Waals surface area contributed by atoms with Gasteiger partial charge in [-0.2, -0.15) is 13.2 Å².